The van der Waals surface area contributed by atoms with Crippen LogP contribution >= 0.6 is 11.8 Å². The third-order valence-electron chi connectivity index (χ3n) is 4.46. The van der Waals surface area contributed by atoms with Crippen molar-refractivity contribution in [1.82, 2.24) is 0 Å². The fourth-order valence-corrected chi connectivity index (χ4v) is 4.30. The Morgan fingerprint density at radius 2 is 2.04 bits per heavy atom. The zero-order valence-electron chi connectivity index (χ0n) is 14.3. The van der Waals surface area contributed by atoms with Crippen molar-refractivity contribution < 1.29 is 9.36 Å². The molecule has 24 heavy (non-hydrogen) atoms. The number of benzene rings is 1. The maximum atomic E-state index is 11.4. The van der Waals surface area contributed by atoms with Gasteiger partial charge in [-0.15, -0.1) is 11.8 Å². The molecule has 1 aliphatic rings. The van der Waals surface area contributed by atoms with Crippen LogP contribution in [-0.4, -0.2) is 11.5 Å². The first-order chi connectivity index (χ1) is 11.4. The van der Waals surface area contributed by atoms with Crippen LogP contribution in [0.2, 0.25) is 0 Å². The van der Waals surface area contributed by atoms with Crippen molar-refractivity contribution >= 4 is 17.5 Å². The van der Waals surface area contributed by atoms with Crippen LogP contribution in [0.4, 0.5) is 0 Å². The Morgan fingerprint density at radius 1 is 1.25 bits per heavy atom. The number of carbonyl (C=O) groups excluding carboxylic acids is 1. The first-order valence-corrected chi connectivity index (χ1v) is 9.02. The Bertz CT molecular complexity index is 871. The van der Waals surface area contributed by atoms with E-state index in [1.165, 1.54) is 22.6 Å². The highest BCUT2D eigenvalue weighted by molar-refractivity contribution is 7.99. The molecule has 0 aliphatic carbocycles. The van der Waals surface area contributed by atoms with E-state index < -0.39 is 0 Å². The van der Waals surface area contributed by atoms with Crippen molar-refractivity contribution in [2.24, 2.45) is 0 Å². The number of Topliss-reactive ketones (excluding diaryl/α,β-unsaturated/α-hetero) is 1. The Balaban J connectivity index is 1.93. The molecule has 0 saturated carbocycles. The topological polar surface area (TPSA) is 20.9 Å². The SMILES string of the molecule is [CH2-][n+]1cc(C(C)=O)ccc1C#Cc1ccc2c(c1)C(C)(C)CCS2. The van der Waals surface area contributed by atoms with Crippen LogP contribution in [0.3, 0.4) is 0 Å². The molecule has 0 spiro atoms. The number of hydrogen-bond acceptors (Lipinski definition) is 2. The van der Waals surface area contributed by atoms with Crippen molar-refractivity contribution in [3.63, 3.8) is 0 Å². The fourth-order valence-electron chi connectivity index (χ4n) is 2.82. The van der Waals surface area contributed by atoms with E-state index in [1.54, 1.807) is 23.8 Å². The maximum absolute atomic E-state index is 11.4. The zero-order valence-corrected chi connectivity index (χ0v) is 15.2. The predicted molar refractivity (Wildman–Crippen MR) is 98.2 cm³/mol. The molecule has 1 aromatic heterocycles. The molecule has 0 saturated heterocycles. The summed E-state index contributed by atoms with van der Waals surface area (Å²) >= 11 is 1.93. The van der Waals surface area contributed by atoms with Gasteiger partial charge >= 0.3 is 0 Å². The first-order valence-electron chi connectivity index (χ1n) is 8.04. The van der Waals surface area contributed by atoms with Crippen LogP contribution in [0, 0.1) is 18.9 Å². The van der Waals surface area contributed by atoms with Gasteiger partial charge in [0.15, 0.2) is 11.5 Å². The summed E-state index contributed by atoms with van der Waals surface area (Å²) in [7, 11) is 3.93. The standard InChI is InChI=1S/C21H21NOS/c1-15(23)17-7-9-18(22(4)14-17)8-5-16-6-10-20-19(13-16)21(2,3)11-12-24-20/h6-7,9-10,13-14H,4,11-12H2,1-3H3. The average Bonchev–Trinajstić information content (AvgIpc) is 2.53. The Hall–Kier alpha value is -2.18. The lowest BCUT2D eigenvalue weighted by Crippen LogP contribution is -2.30. The summed E-state index contributed by atoms with van der Waals surface area (Å²) in [6.07, 6.45) is 2.91. The van der Waals surface area contributed by atoms with Crippen LogP contribution in [0.1, 0.15) is 54.4 Å². The molecule has 0 atom stereocenters. The Kier molecular flexibility index (Phi) is 4.43. The van der Waals surface area contributed by atoms with Gasteiger partial charge in [0.05, 0.1) is 6.20 Å². The molecule has 2 heterocycles. The quantitative estimate of drug-likeness (QED) is 0.340. The Morgan fingerprint density at radius 3 is 2.75 bits per heavy atom. The van der Waals surface area contributed by atoms with Gasteiger partial charge in [-0.05, 0) is 54.3 Å². The number of nitrogens with zero attached hydrogens (tertiary/aromatic N) is 1. The number of carbonyl (C=O) groups is 1. The van der Waals surface area contributed by atoms with E-state index in [-0.39, 0.29) is 11.2 Å². The minimum Gasteiger partial charge on any atom is -0.325 e. The molecule has 0 bridgehead atoms. The molecule has 3 rings (SSSR count). The molecular weight excluding hydrogens is 314 g/mol. The monoisotopic (exact) mass is 335 g/mol. The van der Waals surface area contributed by atoms with Gasteiger partial charge in [0.25, 0.3) is 0 Å². The lowest BCUT2D eigenvalue weighted by molar-refractivity contribution is -0.615. The lowest BCUT2D eigenvalue weighted by Gasteiger charge is -2.32. The van der Waals surface area contributed by atoms with Gasteiger partial charge in [0.1, 0.15) is 0 Å². The third kappa shape index (κ3) is 3.34. The Labute approximate surface area is 148 Å². The molecule has 0 radical (unpaired) electrons. The van der Waals surface area contributed by atoms with E-state index in [0.29, 0.717) is 5.56 Å². The fraction of sp³-hybridized carbons (Fsp3) is 0.286. The second kappa shape index (κ2) is 6.37. The van der Waals surface area contributed by atoms with Gasteiger partial charge in [-0.1, -0.05) is 31.8 Å². The van der Waals surface area contributed by atoms with Crippen LogP contribution in [-0.2, 0) is 5.41 Å². The smallest absolute Gasteiger partial charge is 0.155 e. The minimum absolute atomic E-state index is 0.0290. The third-order valence-corrected chi connectivity index (χ3v) is 5.54. The molecule has 1 aliphatic heterocycles. The number of hydrogen-bond donors (Lipinski definition) is 0. The summed E-state index contributed by atoms with van der Waals surface area (Å²) in [4.78, 5) is 12.8. The van der Waals surface area contributed by atoms with E-state index in [4.69, 9.17) is 0 Å². The summed E-state index contributed by atoms with van der Waals surface area (Å²) < 4.78 is 1.65. The second-order valence-electron chi connectivity index (χ2n) is 6.77. The molecule has 0 fully saturated rings. The van der Waals surface area contributed by atoms with Gasteiger partial charge in [0, 0.05) is 23.1 Å². The number of thioether (sulfide) groups is 1. The largest absolute Gasteiger partial charge is 0.325 e. The number of pyridine rings is 1. The van der Waals surface area contributed by atoms with Gasteiger partial charge in [-0.3, -0.25) is 4.79 Å². The van der Waals surface area contributed by atoms with Crippen LogP contribution in [0.5, 0.6) is 0 Å². The van der Waals surface area contributed by atoms with Crippen molar-refractivity contribution in [2.45, 2.75) is 37.5 Å². The maximum Gasteiger partial charge on any atom is 0.155 e. The normalized spacial score (nSPS) is 15.1. The molecule has 2 aromatic rings. The number of aromatic nitrogens is 1. The van der Waals surface area contributed by atoms with Crippen LogP contribution < -0.4 is 4.57 Å². The van der Waals surface area contributed by atoms with Gasteiger partial charge in [0.2, 0.25) is 0 Å². The summed E-state index contributed by atoms with van der Waals surface area (Å²) in [6, 6.07) is 10.1. The zero-order chi connectivity index (χ0) is 17.3. The van der Waals surface area contributed by atoms with Crippen LogP contribution in [0.25, 0.3) is 0 Å². The van der Waals surface area contributed by atoms with Crippen molar-refractivity contribution in [1.29, 1.82) is 0 Å². The van der Waals surface area contributed by atoms with Gasteiger partial charge < -0.3 is 4.57 Å². The highest BCUT2D eigenvalue weighted by Gasteiger charge is 2.27. The van der Waals surface area contributed by atoms with E-state index in [9.17, 15) is 4.79 Å². The highest BCUT2D eigenvalue weighted by atomic mass is 32.2. The molecule has 122 valence electrons. The van der Waals surface area contributed by atoms with E-state index >= 15 is 0 Å². The lowest BCUT2D eigenvalue weighted by atomic mass is 9.81. The number of fused-ring (bicyclic) bond motifs is 1. The minimum atomic E-state index is 0.0290. The van der Waals surface area contributed by atoms with Gasteiger partial charge in [-0.2, -0.15) is 0 Å². The van der Waals surface area contributed by atoms with E-state index in [0.717, 1.165) is 11.3 Å². The average molecular weight is 335 g/mol. The van der Waals surface area contributed by atoms with Crippen molar-refractivity contribution in [3.05, 3.63) is 66.0 Å². The van der Waals surface area contributed by atoms with Crippen molar-refractivity contribution in [2.75, 3.05) is 5.75 Å². The first kappa shape index (κ1) is 16.7. The molecule has 0 amide bonds. The van der Waals surface area contributed by atoms with Gasteiger partial charge in [-0.25, -0.2) is 0 Å². The van der Waals surface area contributed by atoms with Crippen molar-refractivity contribution in [3.8, 4) is 11.8 Å². The second-order valence-corrected chi connectivity index (χ2v) is 7.91. The summed E-state index contributed by atoms with van der Waals surface area (Å²) in [5, 5.41) is 0. The molecular formula is C21H21NOS. The number of ketones is 1. The summed E-state index contributed by atoms with van der Waals surface area (Å²) in [6.45, 7) is 6.15. The molecule has 3 heteroatoms. The molecule has 0 unspecified atom stereocenters. The molecule has 1 aromatic carbocycles. The number of rotatable bonds is 1. The van der Waals surface area contributed by atoms with Crippen LogP contribution in [0.15, 0.2) is 41.4 Å². The van der Waals surface area contributed by atoms with E-state index in [1.807, 2.05) is 17.8 Å². The molecule has 0 N–H and O–H groups in total. The summed E-state index contributed by atoms with van der Waals surface area (Å²) in [5.74, 6) is 7.60. The molecule has 2 nitrogen and oxygen atoms in total. The highest BCUT2D eigenvalue weighted by Crippen LogP contribution is 2.41. The van der Waals surface area contributed by atoms with E-state index in [2.05, 4.69) is 50.9 Å². The predicted octanol–water partition coefficient (Wildman–Crippen LogP) is 3.99. The summed E-state index contributed by atoms with van der Waals surface area (Å²) in [5.41, 5.74) is 4.03.